The topological polar surface area (TPSA) is 97.0 Å². The molecule has 1 aliphatic heterocycles. The quantitative estimate of drug-likeness (QED) is 0.526. The molecule has 1 aliphatic rings. The third kappa shape index (κ3) is 4.72. The molecule has 3 aromatic carbocycles. The number of hydrogen-bond donors (Lipinski definition) is 2. The van der Waals surface area contributed by atoms with E-state index < -0.39 is 15.4 Å². The Balaban J connectivity index is 1.53. The van der Waals surface area contributed by atoms with E-state index >= 15 is 0 Å². The molecule has 2 N–H and O–H groups in total. The van der Waals surface area contributed by atoms with Crippen LogP contribution in [0.15, 0.2) is 65.6 Å². The molecule has 0 aromatic heterocycles. The van der Waals surface area contributed by atoms with Crippen molar-refractivity contribution in [2.75, 3.05) is 49.0 Å². The lowest BCUT2D eigenvalue weighted by molar-refractivity contribution is -0.174. The van der Waals surface area contributed by atoms with Crippen LogP contribution < -0.4 is 14.9 Å². The number of nitrogens with one attached hydrogen (secondary N) is 2. The first-order valence-electron chi connectivity index (χ1n) is 11.0. The second kappa shape index (κ2) is 9.61. The first-order valence-corrected chi connectivity index (χ1v) is 12.5. The van der Waals surface area contributed by atoms with E-state index in [1.165, 1.54) is 0 Å². The highest BCUT2D eigenvalue weighted by Crippen LogP contribution is 2.32. The summed E-state index contributed by atoms with van der Waals surface area (Å²) in [4.78, 5) is 15.0. The van der Waals surface area contributed by atoms with E-state index in [9.17, 15) is 13.2 Å². The van der Waals surface area contributed by atoms with E-state index in [1.807, 2.05) is 44.1 Å². The molecule has 8 nitrogen and oxygen atoms in total. The van der Waals surface area contributed by atoms with E-state index in [1.54, 1.807) is 42.5 Å². The molecule has 0 atom stereocenters. The molecule has 0 spiro atoms. The van der Waals surface area contributed by atoms with Gasteiger partial charge in [-0.15, -0.1) is 0 Å². The van der Waals surface area contributed by atoms with Crippen LogP contribution in [0.1, 0.15) is 13.3 Å². The van der Waals surface area contributed by atoms with Gasteiger partial charge in [-0.1, -0.05) is 31.2 Å². The SMILES string of the molecule is CCC1(C(=O)Nc2ccc(NS(=O)(=O)c3cccc4c(N(C)C)cccc34)cc2)COCOC1. The highest BCUT2D eigenvalue weighted by molar-refractivity contribution is 7.93. The lowest BCUT2D eigenvalue weighted by atomic mass is 9.85. The molecule has 1 heterocycles. The minimum absolute atomic E-state index is 0.185. The maximum atomic E-state index is 13.2. The van der Waals surface area contributed by atoms with Gasteiger partial charge in [-0.05, 0) is 42.8 Å². The fourth-order valence-electron chi connectivity index (χ4n) is 4.05. The summed E-state index contributed by atoms with van der Waals surface area (Å²) in [5, 5.41) is 4.39. The van der Waals surface area contributed by atoms with Gasteiger partial charge in [-0.25, -0.2) is 8.42 Å². The van der Waals surface area contributed by atoms with Crippen molar-refractivity contribution in [2.24, 2.45) is 5.41 Å². The first kappa shape index (κ1) is 24.0. The lowest BCUT2D eigenvalue weighted by Crippen LogP contribution is -2.46. The summed E-state index contributed by atoms with van der Waals surface area (Å²) in [6.07, 6.45) is 0.581. The summed E-state index contributed by atoms with van der Waals surface area (Å²) in [6.45, 7) is 2.71. The van der Waals surface area contributed by atoms with Gasteiger partial charge in [0, 0.05) is 41.9 Å². The van der Waals surface area contributed by atoms with Gasteiger partial charge in [0.1, 0.15) is 6.79 Å². The van der Waals surface area contributed by atoms with Crippen LogP contribution in [0.25, 0.3) is 10.8 Å². The number of hydrogen-bond acceptors (Lipinski definition) is 6. The molecule has 1 saturated heterocycles. The molecule has 1 fully saturated rings. The van der Waals surface area contributed by atoms with Crippen LogP contribution in [0, 0.1) is 5.41 Å². The third-order valence-corrected chi connectivity index (χ3v) is 7.55. The fourth-order valence-corrected chi connectivity index (χ4v) is 5.34. The molecule has 0 bridgehead atoms. The number of amides is 1. The Morgan fingerprint density at radius 1 is 0.941 bits per heavy atom. The number of sulfonamides is 1. The van der Waals surface area contributed by atoms with Gasteiger partial charge in [0.2, 0.25) is 5.91 Å². The first-order chi connectivity index (χ1) is 16.3. The summed E-state index contributed by atoms with van der Waals surface area (Å²) < 4.78 is 39.8. The van der Waals surface area contributed by atoms with Crippen LogP contribution in [0.5, 0.6) is 0 Å². The Hall–Kier alpha value is -3.14. The molecule has 3 aromatic rings. The van der Waals surface area contributed by atoms with Gasteiger partial charge < -0.3 is 19.7 Å². The minimum Gasteiger partial charge on any atom is -0.377 e. The van der Waals surface area contributed by atoms with Crippen LogP contribution in [-0.4, -0.2) is 48.4 Å². The van der Waals surface area contributed by atoms with Gasteiger partial charge >= 0.3 is 0 Å². The predicted octanol–water partition coefficient (Wildman–Crippen LogP) is 4.05. The number of carbonyl (C=O) groups is 1. The summed E-state index contributed by atoms with van der Waals surface area (Å²) in [7, 11) is 0.00553. The van der Waals surface area contributed by atoms with Crippen molar-refractivity contribution in [2.45, 2.75) is 18.2 Å². The Labute approximate surface area is 199 Å². The van der Waals surface area contributed by atoms with Gasteiger partial charge in [-0.3, -0.25) is 9.52 Å². The summed E-state index contributed by atoms with van der Waals surface area (Å²) >= 11 is 0. The van der Waals surface area contributed by atoms with Crippen LogP contribution in [0.3, 0.4) is 0 Å². The van der Waals surface area contributed by atoms with Gasteiger partial charge in [0.05, 0.1) is 23.5 Å². The minimum atomic E-state index is -3.84. The maximum Gasteiger partial charge on any atom is 0.262 e. The fraction of sp³-hybridized carbons (Fsp3) is 0.320. The highest BCUT2D eigenvalue weighted by atomic mass is 32.2. The number of fused-ring (bicyclic) bond motifs is 1. The van der Waals surface area contributed by atoms with Crippen molar-refractivity contribution in [3.05, 3.63) is 60.7 Å². The Bertz CT molecular complexity index is 1280. The van der Waals surface area contributed by atoms with Crippen LogP contribution >= 0.6 is 0 Å². The van der Waals surface area contributed by atoms with Crippen molar-refractivity contribution in [1.82, 2.24) is 0 Å². The second-order valence-electron chi connectivity index (χ2n) is 8.61. The van der Waals surface area contributed by atoms with Crippen molar-refractivity contribution < 1.29 is 22.7 Å². The Morgan fingerprint density at radius 2 is 1.56 bits per heavy atom. The van der Waals surface area contributed by atoms with Crippen molar-refractivity contribution >= 4 is 43.8 Å². The van der Waals surface area contributed by atoms with Gasteiger partial charge in [0.25, 0.3) is 10.0 Å². The molecule has 1 amide bonds. The Kier molecular flexibility index (Phi) is 6.79. The number of nitrogens with zero attached hydrogens (tertiary/aromatic N) is 1. The second-order valence-corrected chi connectivity index (χ2v) is 10.3. The van der Waals surface area contributed by atoms with Crippen LogP contribution in [0.4, 0.5) is 17.1 Å². The summed E-state index contributed by atoms with van der Waals surface area (Å²) in [5.41, 5.74) is 1.16. The zero-order valence-electron chi connectivity index (χ0n) is 19.5. The number of rotatable bonds is 7. The predicted molar refractivity (Wildman–Crippen MR) is 134 cm³/mol. The summed E-state index contributed by atoms with van der Waals surface area (Å²) in [6, 6.07) is 17.4. The molecule has 0 aliphatic carbocycles. The molecule has 34 heavy (non-hydrogen) atoms. The van der Waals surface area contributed by atoms with E-state index in [2.05, 4.69) is 10.0 Å². The highest BCUT2D eigenvalue weighted by Gasteiger charge is 2.39. The number of ether oxygens (including phenoxy) is 2. The van der Waals surface area contributed by atoms with E-state index in [4.69, 9.17) is 9.47 Å². The zero-order chi connectivity index (χ0) is 24.3. The molecule has 0 unspecified atom stereocenters. The average molecular weight is 484 g/mol. The van der Waals surface area contributed by atoms with Crippen LogP contribution in [-0.2, 0) is 24.3 Å². The Morgan fingerprint density at radius 3 is 2.21 bits per heavy atom. The molecule has 4 rings (SSSR count). The van der Waals surface area contributed by atoms with E-state index in [-0.39, 0.29) is 17.6 Å². The molecular weight excluding hydrogens is 454 g/mol. The summed E-state index contributed by atoms with van der Waals surface area (Å²) in [5.74, 6) is -0.185. The molecule has 0 saturated carbocycles. The smallest absolute Gasteiger partial charge is 0.262 e. The monoisotopic (exact) mass is 483 g/mol. The van der Waals surface area contributed by atoms with E-state index in [0.29, 0.717) is 36.4 Å². The lowest BCUT2D eigenvalue weighted by Gasteiger charge is -2.34. The molecular formula is C25H29N3O5S. The molecule has 0 radical (unpaired) electrons. The van der Waals surface area contributed by atoms with Gasteiger partial charge in [-0.2, -0.15) is 0 Å². The maximum absolute atomic E-state index is 13.2. The molecule has 180 valence electrons. The standard InChI is InChI=1S/C25H29N3O5S/c1-4-25(15-32-17-33-16-25)24(29)26-18-11-13-19(14-12-18)27-34(30,31)23-10-6-7-20-21(23)8-5-9-22(20)28(2)3/h5-14,27H,4,15-17H2,1-3H3,(H,26,29). The third-order valence-electron chi connectivity index (χ3n) is 6.11. The number of benzene rings is 3. The average Bonchev–Trinajstić information content (AvgIpc) is 2.84. The number of anilines is 3. The van der Waals surface area contributed by atoms with Crippen molar-refractivity contribution in [3.8, 4) is 0 Å². The van der Waals surface area contributed by atoms with Crippen molar-refractivity contribution in [1.29, 1.82) is 0 Å². The molecule has 9 heteroatoms. The zero-order valence-corrected chi connectivity index (χ0v) is 20.3. The largest absolute Gasteiger partial charge is 0.377 e. The van der Waals surface area contributed by atoms with E-state index in [0.717, 1.165) is 11.1 Å². The van der Waals surface area contributed by atoms with Crippen LogP contribution in [0.2, 0.25) is 0 Å². The number of carbonyl (C=O) groups excluding carboxylic acids is 1. The van der Waals surface area contributed by atoms with Gasteiger partial charge in [0.15, 0.2) is 0 Å². The normalized spacial score (nSPS) is 15.6. The van der Waals surface area contributed by atoms with Crippen molar-refractivity contribution in [3.63, 3.8) is 0 Å².